The molecule has 6 rings (SSSR count). The maximum Gasteiger partial charge on any atom is 0.233 e. The van der Waals surface area contributed by atoms with Crippen LogP contribution in [0.2, 0.25) is 0 Å². The van der Waals surface area contributed by atoms with Crippen LogP contribution in [0, 0.1) is 0 Å². The van der Waals surface area contributed by atoms with Crippen LogP contribution in [-0.4, -0.2) is 85.5 Å². The van der Waals surface area contributed by atoms with Gasteiger partial charge in [0.2, 0.25) is 11.9 Å². The third-order valence-electron chi connectivity index (χ3n) is 7.14. The molecule has 0 aromatic carbocycles. The number of pyridine rings is 1. The zero-order chi connectivity index (χ0) is 26.2. The SMILES string of the molecule is CN1CCC(n2cc(Nc3nccc(-c4cccc(-c5cc([C@@H]6CCN(C)C6=O)on5)n4)n3)cn2)[C@H](F)C1. The summed E-state index contributed by atoms with van der Waals surface area (Å²) in [6, 6.07) is 8.83. The standard InChI is InChI=1S/C26H28FN9O2/c1-34-10-8-23(18(27)15-34)36-14-16(13-29-36)30-26-28-9-6-21(32-26)19-4-3-5-20(31-19)22-12-24(38-33-22)17-7-11-35(2)25(17)37/h3-6,9,12-14,17-18,23H,7-8,10-11,15H2,1-2H3,(H,28,30,32)/t17-,18+,23?/m0/s1. The van der Waals surface area contributed by atoms with E-state index in [2.05, 4.69) is 25.5 Å². The van der Waals surface area contributed by atoms with Crippen LogP contribution in [0.3, 0.4) is 0 Å². The maximum atomic E-state index is 14.5. The fraction of sp³-hybridized carbons (Fsp3) is 0.385. The minimum absolute atomic E-state index is 0.0387. The highest BCUT2D eigenvalue weighted by Gasteiger charge is 2.33. The Kier molecular flexibility index (Phi) is 6.32. The minimum atomic E-state index is -0.972. The Morgan fingerprint density at radius 3 is 2.66 bits per heavy atom. The third-order valence-corrected chi connectivity index (χ3v) is 7.14. The van der Waals surface area contributed by atoms with E-state index >= 15 is 0 Å². The van der Waals surface area contributed by atoms with Gasteiger partial charge >= 0.3 is 0 Å². The first-order chi connectivity index (χ1) is 18.4. The van der Waals surface area contributed by atoms with E-state index in [-0.39, 0.29) is 17.9 Å². The number of anilines is 2. The van der Waals surface area contributed by atoms with Crippen LogP contribution in [0.4, 0.5) is 16.0 Å². The van der Waals surface area contributed by atoms with Crippen LogP contribution in [0.15, 0.2) is 53.4 Å². The van der Waals surface area contributed by atoms with Crippen LogP contribution >= 0.6 is 0 Å². The second-order valence-electron chi connectivity index (χ2n) is 9.86. The van der Waals surface area contributed by atoms with Crippen LogP contribution in [-0.2, 0) is 4.79 Å². The number of likely N-dealkylation sites (tertiary alicyclic amines) is 2. The highest BCUT2D eigenvalue weighted by Crippen LogP contribution is 2.31. The topological polar surface area (TPSA) is 118 Å². The molecule has 2 saturated heterocycles. The Hall–Kier alpha value is -4.19. The van der Waals surface area contributed by atoms with E-state index < -0.39 is 6.17 Å². The molecule has 0 bridgehead atoms. The van der Waals surface area contributed by atoms with Crippen molar-refractivity contribution in [2.45, 2.75) is 31.0 Å². The summed E-state index contributed by atoms with van der Waals surface area (Å²) in [4.78, 5) is 29.7. The van der Waals surface area contributed by atoms with E-state index in [9.17, 15) is 9.18 Å². The molecule has 2 fully saturated rings. The van der Waals surface area contributed by atoms with Gasteiger partial charge in [0, 0.05) is 45.1 Å². The number of likely N-dealkylation sites (N-methyl/N-ethyl adjacent to an activating group) is 1. The van der Waals surface area contributed by atoms with Gasteiger partial charge in [-0.25, -0.2) is 19.3 Å². The predicted octanol–water partition coefficient (Wildman–Crippen LogP) is 3.29. The number of hydrogen-bond donors (Lipinski definition) is 1. The molecule has 1 unspecified atom stereocenters. The van der Waals surface area contributed by atoms with Crippen molar-refractivity contribution in [3.05, 3.63) is 54.7 Å². The van der Waals surface area contributed by atoms with Crippen LogP contribution in [0.5, 0.6) is 0 Å². The summed E-state index contributed by atoms with van der Waals surface area (Å²) in [5, 5.41) is 11.7. The lowest BCUT2D eigenvalue weighted by atomic mass is 10.0. The van der Waals surface area contributed by atoms with E-state index in [0.29, 0.717) is 66.1 Å². The highest BCUT2D eigenvalue weighted by atomic mass is 19.1. The van der Waals surface area contributed by atoms with Crippen molar-refractivity contribution in [2.75, 3.05) is 39.0 Å². The lowest BCUT2D eigenvalue weighted by Gasteiger charge is -2.32. The Labute approximate surface area is 218 Å². The summed E-state index contributed by atoms with van der Waals surface area (Å²) in [5.41, 5.74) is 3.11. The smallest absolute Gasteiger partial charge is 0.233 e. The molecule has 4 aromatic rings. The molecule has 2 aliphatic rings. The molecule has 0 aliphatic carbocycles. The number of alkyl halides is 1. The van der Waals surface area contributed by atoms with Crippen molar-refractivity contribution in [2.24, 2.45) is 0 Å². The number of nitrogens with one attached hydrogen (secondary N) is 1. The molecule has 6 heterocycles. The van der Waals surface area contributed by atoms with Crippen molar-refractivity contribution in [3.8, 4) is 22.8 Å². The Bertz CT molecular complexity index is 1450. The number of amides is 1. The lowest BCUT2D eigenvalue weighted by Crippen LogP contribution is -2.40. The Morgan fingerprint density at radius 2 is 1.87 bits per heavy atom. The minimum Gasteiger partial charge on any atom is -0.360 e. The van der Waals surface area contributed by atoms with Gasteiger partial charge in [-0.2, -0.15) is 5.10 Å². The number of hydrogen-bond acceptors (Lipinski definition) is 9. The van der Waals surface area contributed by atoms with Crippen molar-refractivity contribution in [1.82, 2.24) is 39.7 Å². The van der Waals surface area contributed by atoms with E-state index in [1.54, 1.807) is 47.4 Å². The molecular weight excluding hydrogens is 489 g/mol. The summed E-state index contributed by atoms with van der Waals surface area (Å²) in [5.74, 6) is 0.660. The molecule has 11 nitrogen and oxygen atoms in total. The summed E-state index contributed by atoms with van der Waals surface area (Å²) < 4.78 is 21.7. The van der Waals surface area contributed by atoms with Gasteiger partial charge in [-0.15, -0.1) is 0 Å². The second-order valence-corrected chi connectivity index (χ2v) is 9.86. The van der Waals surface area contributed by atoms with E-state index in [1.165, 1.54) is 0 Å². The fourth-order valence-corrected chi connectivity index (χ4v) is 5.00. The Morgan fingerprint density at radius 1 is 1.05 bits per heavy atom. The number of nitrogens with zero attached hydrogens (tertiary/aromatic N) is 8. The normalized spacial score (nSPS) is 22.2. The highest BCUT2D eigenvalue weighted by molar-refractivity contribution is 5.85. The zero-order valence-corrected chi connectivity index (χ0v) is 21.2. The van der Waals surface area contributed by atoms with Crippen molar-refractivity contribution in [1.29, 1.82) is 0 Å². The summed E-state index contributed by atoms with van der Waals surface area (Å²) in [6.07, 6.45) is 5.52. The van der Waals surface area contributed by atoms with E-state index in [4.69, 9.17) is 9.51 Å². The molecule has 0 spiro atoms. The van der Waals surface area contributed by atoms with Crippen molar-refractivity contribution < 1.29 is 13.7 Å². The van der Waals surface area contributed by atoms with Crippen LogP contribution < -0.4 is 5.32 Å². The van der Waals surface area contributed by atoms with Gasteiger partial charge in [-0.1, -0.05) is 11.2 Å². The summed E-state index contributed by atoms with van der Waals surface area (Å²) >= 11 is 0. The molecule has 3 atom stereocenters. The number of halogens is 1. The Balaban J connectivity index is 1.18. The number of aromatic nitrogens is 6. The molecule has 38 heavy (non-hydrogen) atoms. The molecule has 196 valence electrons. The molecule has 0 radical (unpaired) electrons. The van der Waals surface area contributed by atoms with Gasteiger partial charge in [0.25, 0.3) is 0 Å². The predicted molar refractivity (Wildman–Crippen MR) is 137 cm³/mol. The van der Waals surface area contributed by atoms with Gasteiger partial charge in [0.15, 0.2) is 0 Å². The van der Waals surface area contributed by atoms with Gasteiger partial charge < -0.3 is 19.6 Å². The first kappa shape index (κ1) is 24.2. The quantitative estimate of drug-likeness (QED) is 0.411. The summed E-state index contributed by atoms with van der Waals surface area (Å²) in [6.45, 7) is 1.93. The number of carbonyl (C=O) groups is 1. The van der Waals surface area contributed by atoms with E-state index in [0.717, 1.165) is 6.54 Å². The van der Waals surface area contributed by atoms with Gasteiger partial charge in [-0.3, -0.25) is 9.48 Å². The third kappa shape index (κ3) is 4.74. The lowest BCUT2D eigenvalue weighted by molar-refractivity contribution is -0.128. The number of rotatable bonds is 6. The van der Waals surface area contributed by atoms with Crippen molar-refractivity contribution in [3.63, 3.8) is 0 Å². The number of piperidine rings is 1. The molecule has 4 aromatic heterocycles. The first-order valence-corrected chi connectivity index (χ1v) is 12.6. The average Bonchev–Trinajstić information content (AvgIpc) is 3.66. The first-order valence-electron chi connectivity index (χ1n) is 12.6. The largest absolute Gasteiger partial charge is 0.360 e. The molecule has 1 N–H and O–H groups in total. The fourth-order valence-electron chi connectivity index (χ4n) is 5.00. The maximum absolute atomic E-state index is 14.5. The van der Waals surface area contributed by atoms with Gasteiger partial charge in [-0.05, 0) is 38.1 Å². The summed E-state index contributed by atoms with van der Waals surface area (Å²) in [7, 11) is 3.71. The van der Waals surface area contributed by atoms with Gasteiger partial charge in [0.05, 0.1) is 35.0 Å². The molecular formula is C26H28FN9O2. The van der Waals surface area contributed by atoms with Crippen molar-refractivity contribution >= 4 is 17.5 Å². The van der Waals surface area contributed by atoms with Crippen LogP contribution in [0.1, 0.15) is 30.6 Å². The average molecular weight is 518 g/mol. The number of carbonyl (C=O) groups excluding carboxylic acids is 1. The second kappa shape index (κ2) is 9.93. The molecule has 2 aliphatic heterocycles. The van der Waals surface area contributed by atoms with Crippen LogP contribution in [0.25, 0.3) is 22.8 Å². The zero-order valence-electron chi connectivity index (χ0n) is 21.2. The monoisotopic (exact) mass is 517 g/mol. The molecule has 1 amide bonds. The molecule has 0 saturated carbocycles. The van der Waals surface area contributed by atoms with Gasteiger partial charge in [0.1, 0.15) is 23.5 Å². The molecule has 12 heteroatoms. The van der Waals surface area contributed by atoms with E-state index in [1.807, 2.05) is 30.1 Å².